The van der Waals surface area contributed by atoms with E-state index in [1.807, 2.05) is 7.05 Å². The first-order valence-corrected chi connectivity index (χ1v) is 5.96. The van der Waals surface area contributed by atoms with Crippen LogP contribution in [0.3, 0.4) is 0 Å². The van der Waals surface area contributed by atoms with Crippen molar-refractivity contribution in [3.05, 3.63) is 28.5 Å². The Bertz CT molecular complexity index is 357. The molecule has 0 aliphatic rings. The fourth-order valence-corrected chi connectivity index (χ4v) is 1.69. The van der Waals surface area contributed by atoms with Crippen molar-refractivity contribution >= 4 is 21.8 Å². The summed E-state index contributed by atoms with van der Waals surface area (Å²) in [4.78, 5) is 15.7. The third-order valence-corrected chi connectivity index (χ3v) is 2.56. The molecule has 1 aromatic heterocycles. The van der Waals surface area contributed by atoms with E-state index in [1.54, 1.807) is 18.5 Å². The fourth-order valence-electron chi connectivity index (χ4n) is 1.33. The van der Waals surface area contributed by atoms with Crippen LogP contribution in [0.5, 0.6) is 0 Å². The summed E-state index contributed by atoms with van der Waals surface area (Å²) in [5.74, 6) is 0.325. The molecule has 1 heterocycles. The first kappa shape index (κ1) is 13.1. The Morgan fingerprint density at radius 2 is 2.25 bits per heavy atom. The van der Waals surface area contributed by atoms with Gasteiger partial charge in [-0.3, -0.25) is 9.78 Å². The molecule has 0 radical (unpaired) electrons. The minimum absolute atomic E-state index is 0.0863. The van der Waals surface area contributed by atoms with Crippen molar-refractivity contribution in [1.29, 1.82) is 0 Å². The van der Waals surface area contributed by atoms with E-state index in [9.17, 15) is 4.79 Å². The zero-order chi connectivity index (χ0) is 12.0. The highest BCUT2D eigenvalue weighted by Gasteiger charge is 2.07. The molecule has 0 aliphatic heterocycles. The molecule has 88 valence electrons. The molecule has 1 amide bonds. The van der Waals surface area contributed by atoms with Gasteiger partial charge in [-0.15, -0.1) is 0 Å². The smallest absolute Gasteiger partial charge is 0.252 e. The third kappa shape index (κ3) is 4.28. The van der Waals surface area contributed by atoms with Crippen molar-refractivity contribution in [2.24, 2.45) is 5.92 Å². The first-order chi connectivity index (χ1) is 7.63. The topological polar surface area (TPSA) is 54.0 Å². The molecule has 0 aromatic carbocycles. The molecular formula is C11H16BrN3O. The van der Waals surface area contributed by atoms with Crippen molar-refractivity contribution in [3.63, 3.8) is 0 Å². The first-order valence-electron chi connectivity index (χ1n) is 5.17. The molecule has 4 nitrogen and oxygen atoms in total. The molecule has 0 bridgehead atoms. The summed E-state index contributed by atoms with van der Waals surface area (Å²) in [5.41, 5.74) is 0.575. The lowest BCUT2D eigenvalue weighted by Crippen LogP contribution is -2.32. The van der Waals surface area contributed by atoms with Gasteiger partial charge in [0, 0.05) is 23.4 Å². The van der Waals surface area contributed by atoms with Crippen LogP contribution in [0.25, 0.3) is 0 Å². The van der Waals surface area contributed by atoms with Crippen LogP contribution in [0.4, 0.5) is 0 Å². The highest BCUT2D eigenvalue weighted by atomic mass is 79.9. The van der Waals surface area contributed by atoms with Crippen LogP contribution in [-0.4, -0.2) is 31.0 Å². The van der Waals surface area contributed by atoms with Gasteiger partial charge in [0.15, 0.2) is 0 Å². The van der Waals surface area contributed by atoms with E-state index in [2.05, 4.69) is 38.5 Å². The number of carbonyl (C=O) groups is 1. The Labute approximate surface area is 104 Å². The van der Waals surface area contributed by atoms with Gasteiger partial charge in [-0.25, -0.2) is 0 Å². The number of rotatable bonds is 5. The van der Waals surface area contributed by atoms with Crippen LogP contribution in [0.15, 0.2) is 22.9 Å². The number of nitrogens with zero attached hydrogens (tertiary/aromatic N) is 1. The second-order valence-electron chi connectivity index (χ2n) is 3.76. The maximum atomic E-state index is 11.7. The molecule has 0 fully saturated rings. The zero-order valence-electron chi connectivity index (χ0n) is 9.46. The summed E-state index contributed by atoms with van der Waals surface area (Å²) in [6, 6.07) is 1.76. The molecule has 1 aromatic rings. The van der Waals surface area contributed by atoms with Crippen molar-refractivity contribution < 1.29 is 4.79 Å². The third-order valence-electron chi connectivity index (χ3n) is 2.13. The second-order valence-corrected chi connectivity index (χ2v) is 4.68. The van der Waals surface area contributed by atoms with Crippen LogP contribution >= 0.6 is 15.9 Å². The molecule has 0 saturated carbocycles. The lowest BCUT2D eigenvalue weighted by Gasteiger charge is -2.11. The van der Waals surface area contributed by atoms with Gasteiger partial charge < -0.3 is 10.6 Å². The largest absolute Gasteiger partial charge is 0.352 e. The van der Waals surface area contributed by atoms with E-state index in [0.717, 1.165) is 11.0 Å². The van der Waals surface area contributed by atoms with Crippen LogP contribution in [0, 0.1) is 5.92 Å². The monoisotopic (exact) mass is 285 g/mol. The number of aromatic nitrogens is 1. The summed E-state index contributed by atoms with van der Waals surface area (Å²) in [6.07, 6.45) is 3.21. The van der Waals surface area contributed by atoms with Crippen molar-refractivity contribution in [3.8, 4) is 0 Å². The van der Waals surface area contributed by atoms with Crippen molar-refractivity contribution in [2.45, 2.75) is 6.92 Å². The van der Waals surface area contributed by atoms with E-state index >= 15 is 0 Å². The Kier molecular flexibility index (Phi) is 5.42. The lowest BCUT2D eigenvalue weighted by atomic mass is 10.2. The fraction of sp³-hybridized carbons (Fsp3) is 0.455. The number of hydrogen-bond acceptors (Lipinski definition) is 3. The Morgan fingerprint density at radius 3 is 2.88 bits per heavy atom. The van der Waals surface area contributed by atoms with Crippen molar-refractivity contribution in [2.75, 3.05) is 20.1 Å². The van der Waals surface area contributed by atoms with E-state index < -0.39 is 0 Å². The average Bonchev–Trinajstić information content (AvgIpc) is 2.26. The standard InChI is InChI=1S/C11H16BrN3O/c1-8(4-13-2)5-15-11(16)9-3-10(12)7-14-6-9/h3,6-8,13H,4-5H2,1-2H3,(H,15,16). The van der Waals surface area contributed by atoms with E-state index in [4.69, 9.17) is 0 Å². The maximum Gasteiger partial charge on any atom is 0.252 e. The molecule has 16 heavy (non-hydrogen) atoms. The highest BCUT2D eigenvalue weighted by Crippen LogP contribution is 2.09. The second kappa shape index (κ2) is 6.60. The molecule has 1 unspecified atom stereocenters. The number of amides is 1. The molecule has 2 N–H and O–H groups in total. The molecule has 0 spiro atoms. The Morgan fingerprint density at radius 1 is 1.50 bits per heavy atom. The molecule has 1 atom stereocenters. The number of hydrogen-bond donors (Lipinski definition) is 2. The summed E-state index contributed by atoms with van der Waals surface area (Å²) in [7, 11) is 1.90. The number of halogens is 1. The van der Waals surface area contributed by atoms with E-state index in [1.165, 1.54) is 0 Å². The van der Waals surface area contributed by atoms with Gasteiger partial charge in [0.1, 0.15) is 0 Å². The number of pyridine rings is 1. The summed E-state index contributed by atoms with van der Waals surface area (Å²) in [6.45, 7) is 3.62. The molecule has 0 aliphatic carbocycles. The quantitative estimate of drug-likeness (QED) is 0.861. The minimum Gasteiger partial charge on any atom is -0.352 e. The van der Waals surface area contributed by atoms with Gasteiger partial charge in [-0.05, 0) is 41.5 Å². The van der Waals surface area contributed by atoms with Crippen LogP contribution in [0.2, 0.25) is 0 Å². The Balaban J connectivity index is 2.47. The van der Waals surface area contributed by atoms with Crippen LogP contribution in [-0.2, 0) is 0 Å². The molecule has 0 saturated heterocycles. The zero-order valence-corrected chi connectivity index (χ0v) is 11.0. The molecular weight excluding hydrogens is 270 g/mol. The minimum atomic E-state index is -0.0863. The number of carbonyl (C=O) groups excluding carboxylic acids is 1. The summed E-state index contributed by atoms with van der Waals surface area (Å²) < 4.78 is 0.809. The lowest BCUT2D eigenvalue weighted by molar-refractivity contribution is 0.0947. The predicted octanol–water partition coefficient (Wildman–Crippen LogP) is 1.43. The SMILES string of the molecule is CNCC(C)CNC(=O)c1cncc(Br)c1. The maximum absolute atomic E-state index is 11.7. The number of nitrogens with one attached hydrogen (secondary N) is 2. The molecule has 1 rings (SSSR count). The highest BCUT2D eigenvalue weighted by molar-refractivity contribution is 9.10. The Hall–Kier alpha value is -0.940. The van der Waals surface area contributed by atoms with Gasteiger partial charge >= 0.3 is 0 Å². The summed E-state index contributed by atoms with van der Waals surface area (Å²) in [5, 5.41) is 5.94. The van der Waals surface area contributed by atoms with Gasteiger partial charge in [0.05, 0.1) is 5.56 Å². The predicted molar refractivity (Wildman–Crippen MR) is 67.4 cm³/mol. The molecule has 5 heteroatoms. The van der Waals surface area contributed by atoms with Crippen molar-refractivity contribution in [1.82, 2.24) is 15.6 Å². The van der Waals surface area contributed by atoms with Crippen LogP contribution in [0.1, 0.15) is 17.3 Å². The van der Waals surface area contributed by atoms with Gasteiger partial charge in [-0.1, -0.05) is 6.92 Å². The van der Waals surface area contributed by atoms with Gasteiger partial charge in [0.25, 0.3) is 5.91 Å². The normalized spacial score (nSPS) is 12.2. The van der Waals surface area contributed by atoms with Crippen LogP contribution < -0.4 is 10.6 Å². The summed E-state index contributed by atoms with van der Waals surface area (Å²) >= 11 is 3.28. The van der Waals surface area contributed by atoms with Gasteiger partial charge in [0.2, 0.25) is 0 Å². The van der Waals surface area contributed by atoms with E-state index in [0.29, 0.717) is 18.0 Å². The average molecular weight is 286 g/mol. The van der Waals surface area contributed by atoms with E-state index in [-0.39, 0.29) is 5.91 Å². The van der Waals surface area contributed by atoms with Gasteiger partial charge in [-0.2, -0.15) is 0 Å².